The van der Waals surface area contributed by atoms with Crippen LogP contribution < -0.4 is 5.73 Å². The minimum atomic E-state index is 0.202. The molecule has 0 aliphatic heterocycles. The zero-order valence-corrected chi connectivity index (χ0v) is 9.75. The summed E-state index contributed by atoms with van der Waals surface area (Å²) in [6.45, 7) is 6.44. The van der Waals surface area contributed by atoms with E-state index >= 15 is 0 Å². The molecule has 1 nitrogen and oxygen atoms in total. The van der Waals surface area contributed by atoms with Crippen LogP contribution in [0.5, 0.6) is 0 Å². The van der Waals surface area contributed by atoms with Gasteiger partial charge in [0.15, 0.2) is 0 Å². The SMILES string of the molecule is C=C(CC)C12CCC(C(N)=S)(CC1)C2. The Labute approximate surface area is 91.8 Å². The summed E-state index contributed by atoms with van der Waals surface area (Å²) in [4.78, 5) is 0.751. The molecule has 0 unspecified atom stereocenters. The summed E-state index contributed by atoms with van der Waals surface area (Å²) >= 11 is 5.21. The van der Waals surface area contributed by atoms with E-state index in [0.29, 0.717) is 5.41 Å². The molecule has 0 aromatic rings. The van der Waals surface area contributed by atoms with Crippen LogP contribution in [-0.2, 0) is 0 Å². The zero-order chi connectivity index (χ0) is 10.4. The maximum absolute atomic E-state index is 5.87. The summed E-state index contributed by atoms with van der Waals surface area (Å²) in [5.41, 5.74) is 7.90. The van der Waals surface area contributed by atoms with E-state index in [1.54, 1.807) is 0 Å². The molecular weight excluding hydrogens is 190 g/mol. The van der Waals surface area contributed by atoms with Crippen LogP contribution in [-0.4, -0.2) is 4.99 Å². The van der Waals surface area contributed by atoms with Gasteiger partial charge < -0.3 is 5.73 Å². The second-order valence-electron chi connectivity index (χ2n) is 5.06. The second-order valence-corrected chi connectivity index (χ2v) is 5.50. The summed E-state index contributed by atoms with van der Waals surface area (Å²) in [5, 5.41) is 0. The number of fused-ring (bicyclic) bond motifs is 2. The van der Waals surface area contributed by atoms with Gasteiger partial charge in [0.2, 0.25) is 0 Å². The van der Waals surface area contributed by atoms with Gasteiger partial charge in [-0.15, -0.1) is 0 Å². The van der Waals surface area contributed by atoms with Crippen molar-refractivity contribution in [2.45, 2.75) is 45.4 Å². The molecular formula is C12H19NS. The van der Waals surface area contributed by atoms with Gasteiger partial charge in [0.1, 0.15) is 0 Å². The third-order valence-corrected chi connectivity index (χ3v) is 4.97. The second kappa shape index (κ2) is 3.06. The Morgan fingerprint density at radius 1 is 1.29 bits per heavy atom. The van der Waals surface area contributed by atoms with Gasteiger partial charge >= 0.3 is 0 Å². The number of allylic oxidation sites excluding steroid dienone is 1. The summed E-state index contributed by atoms with van der Waals surface area (Å²) in [6, 6.07) is 0. The third kappa shape index (κ3) is 1.16. The van der Waals surface area contributed by atoms with Crippen molar-refractivity contribution in [3.63, 3.8) is 0 Å². The van der Waals surface area contributed by atoms with Crippen molar-refractivity contribution in [1.29, 1.82) is 0 Å². The Bertz CT molecular complexity index is 285. The van der Waals surface area contributed by atoms with Crippen molar-refractivity contribution in [3.05, 3.63) is 12.2 Å². The minimum absolute atomic E-state index is 0.202. The summed E-state index contributed by atoms with van der Waals surface area (Å²) < 4.78 is 0. The van der Waals surface area contributed by atoms with Gasteiger partial charge in [-0.25, -0.2) is 0 Å². The molecule has 2 bridgehead atoms. The highest BCUT2D eigenvalue weighted by atomic mass is 32.1. The van der Waals surface area contributed by atoms with Crippen molar-refractivity contribution < 1.29 is 0 Å². The van der Waals surface area contributed by atoms with Crippen LogP contribution in [0.25, 0.3) is 0 Å². The first-order valence-corrected chi connectivity index (χ1v) is 5.94. The molecule has 2 heteroatoms. The lowest BCUT2D eigenvalue weighted by molar-refractivity contribution is 0.345. The van der Waals surface area contributed by atoms with Gasteiger partial charge in [-0.3, -0.25) is 0 Å². The molecule has 0 heterocycles. The first kappa shape index (κ1) is 10.2. The van der Waals surface area contributed by atoms with Crippen molar-refractivity contribution in [3.8, 4) is 0 Å². The molecule has 2 aliphatic carbocycles. The quantitative estimate of drug-likeness (QED) is 0.570. The molecule has 0 saturated heterocycles. The lowest BCUT2D eigenvalue weighted by atomic mass is 9.76. The first-order valence-electron chi connectivity index (χ1n) is 5.53. The van der Waals surface area contributed by atoms with E-state index in [4.69, 9.17) is 18.0 Å². The van der Waals surface area contributed by atoms with Crippen molar-refractivity contribution in [1.82, 2.24) is 0 Å². The van der Waals surface area contributed by atoms with Crippen molar-refractivity contribution >= 4 is 17.2 Å². The number of thiocarbonyl (C=S) groups is 1. The normalized spacial score (nSPS) is 40.1. The predicted molar refractivity (Wildman–Crippen MR) is 64.2 cm³/mol. The highest BCUT2D eigenvalue weighted by Crippen LogP contribution is 2.64. The largest absolute Gasteiger partial charge is 0.393 e. The third-order valence-electron chi connectivity index (χ3n) is 4.54. The molecule has 2 N–H and O–H groups in total. The van der Waals surface area contributed by atoms with Crippen molar-refractivity contribution in [2.24, 2.45) is 16.6 Å². The van der Waals surface area contributed by atoms with E-state index in [1.807, 2.05) is 0 Å². The Kier molecular flexibility index (Phi) is 2.22. The first-order chi connectivity index (χ1) is 6.55. The molecule has 0 spiro atoms. The average Bonchev–Trinajstić information content (AvgIpc) is 2.74. The Balaban J connectivity index is 2.24. The maximum atomic E-state index is 5.87. The summed E-state index contributed by atoms with van der Waals surface area (Å²) in [7, 11) is 0. The molecule has 0 radical (unpaired) electrons. The maximum Gasteiger partial charge on any atom is 0.0790 e. The van der Waals surface area contributed by atoms with Crippen LogP contribution in [0.4, 0.5) is 0 Å². The van der Waals surface area contributed by atoms with Gasteiger partial charge in [0.05, 0.1) is 4.99 Å². The lowest BCUT2D eigenvalue weighted by Gasteiger charge is -2.28. The van der Waals surface area contributed by atoms with Crippen LogP contribution in [0.1, 0.15) is 45.4 Å². The van der Waals surface area contributed by atoms with E-state index in [1.165, 1.54) is 37.7 Å². The van der Waals surface area contributed by atoms with E-state index < -0.39 is 0 Å². The van der Waals surface area contributed by atoms with Crippen LogP contribution in [0, 0.1) is 10.8 Å². The van der Waals surface area contributed by atoms with Gasteiger partial charge in [-0.2, -0.15) is 0 Å². The summed E-state index contributed by atoms with van der Waals surface area (Å²) in [5.74, 6) is 0. The fourth-order valence-electron chi connectivity index (χ4n) is 3.40. The molecule has 0 amide bonds. The van der Waals surface area contributed by atoms with Gasteiger partial charge in [0.25, 0.3) is 0 Å². The molecule has 0 aromatic heterocycles. The molecule has 14 heavy (non-hydrogen) atoms. The van der Waals surface area contributed by atoms with Crippen LogP contribution in [0.3, 0.4) is 0 Å². The van der Waals surface area contributed by atoms with Crippen LogP contribution in [0.15, 0.2) is 12.2 Å². The standard InChI is InChI=1S/C12H19NS/c1-3-9(2)11-4-6-12(8-11,7-5-11)10(13)14/h2-8H2,1H3,(H2,13,14). The molecule has 78 valence electrons. The van der Waals surface area contributed by atoms with E-state index in [2.05, 4.69) is 13.5 Å². The molecule has 2 aliphatic rings. The highest BCUT2D eigenvalue weighted by molar-refractivity contribution is 7.80. The fourth-order valence-corrected chi connectivity index (χ4v) is 3.67. The van der Waals surface area contributed by atoms with Gasteiger partial charge in [0, 0.05) is 5.41 Å². The van der Waals surface area contributed by atoms with E-state index in [-0.39, 0.29) is 5.41 Å². The van der Waals surface area contributed by atoms with Crippen LogP contribution in [0.2, 0.25) is 0 Å². The van der Waals surface area contributed by atoms with E-state index in [9.17, 15) is 0 Å². The van der Waals surface area contributed by atoms with Gasteiger partial charge in [-0.1, -0.05) is 31.3 Å². The van der Waals surface area contributed by atoms with E-state index in [0.717, 1.165) is 11.4 Å². The lowest BCUT2D eigenvalue weighted by Crippen LogP contribution is -2.31. The smallest absolute Gasteiger partial charge is 0.0790 e. The Hall–Kier alpha value is -0.370. The number of rotatable bonds is 3. The molecule has 2 fully saturated rings. The number of hydrogen-bond donors (Lipinski definition) is 1. The highest BCUT2D eigenvalue weighted by Gasteiger charge is 2.56. The Morgan fingerprint density at radius 2 is 1.79 bits per heavy atom. The zero-order valence-electron chi connectivity index (χ0n) is 8.94. The van der Waals surface area contributed by atoms with Gasteiger partial charge in [-0.05, 0) is 43.9 Å². The average molecular weight is 209 g/mol. The number of nitrogens with two attached hydrogens (primary N) is 1. The topological polar surface area (TPSA) is 26.0 Å². The minimum Gasteiger partial charge on any atom is -0.393 e. The van der Waals surface area contributed by atoms with Crippen LogP contribution >= 0.6 is 12.2 Å². The monoisotopic (exact) mass is 209 g/mol. The number of hydrogen-bond acceptors (Lipinski definition) is 1. The predicted octanol–water partition coefficient (Wildman–Crippen LogP) is 3.19. The molecule has 0 atom stereocenters. The molecule has 0 aromatic carbocycles. The summed E-state index contributed by atoms with van der Waals surface area (Å²) in [6.07, 6.45) is 7.20. The fraction of sp³-hybridized carbons (Fsp3) is 0.750. The Morgan fingerprint density at radius 3 is 2.14 bits per heavy atom. The molecule has 2 saturated carbocycles. The van der Waals surface area contributed by atoms with Crippen molar-refractivity contribution in [2.75, 3.05) is 0 Å². The molecule has 2 rings (SSSR count).